The second kappa shape index (κ2) is 8.28. The molecule has 1 unspecified atom stereocenters. The van der Waals surface area contributed by atoms with E-state index >= 15 is 0 Å². The van der Waals surface area contributed by atoms with Crippen molar-refractivity contribution < 1.29 is 0 Å². The van der Waals surface area contributed by atoms with Crippen LogP contribution in [0.15, 0.2) is 97.2 Å². The number of benzene rings is 4. The molecule has 4 aromatic carbocycles. The van der Waals surface area contributed by atoms with Gasteiger partial charge in [-0.25, -0.2) is 0 Å². The molecule has 4 heteroatoms. The number of rotatable bonds is 4. The van der Waals surface area contributed by atoms with E-state index in [1.807, 2.05) is 11.3 Å². The molecule has 36 heavy (non-hydrogen) atoms. The maximum Gasteiger partial charge on any atom is 0.168 e. The van der Waals surface area contributed by atoms with E-state index in [-0.39, 0.29) is 0 Å². The molecule has 0 amide bonds. The molecule has 0 spiro atoms. The summed E-state index contributed by atoms with van der Waals surface area (Å²) in [6.45, 7) is 4.54. The van der Waals surface area contributed by atoms with Crippen molar-refractivity contribution in [1.82, 2.24) is 14.6 Å². The van der Waals surface area contributed by atoms with Gasteiger partial charge in [0.1, 0.15) is 0 Å². The molecular formula is C32H25N3S. The van der Waals surface area contributed by atoms with Crippen LogP contribution in [0.5, 0.6) is 0 Å². The molecule has 0 N–H and O–H groups in total. The predicted octanol–water partition coefficient (Wildman–Crippen LogP) is 9.10. The second-order valence-corrected chi connectivity index (χ2v) is 10.6. The largest absolute Gasteiger partial charge is 0.282 e. The Morgan fingerprint density at radius 2 is 1.42 bits per heavy atom. The third kappa shape index (κ3) is 3.18. The van der Waals surface area contributed by atoms with Crippen LogP contribution in [0.1, 0.15) is 31.7 Å². The van der Waals surface area contributed by atoms with E-state index in [2.05, 4.69) is 126 Å². The van der Waals surface area contributed by atoms with E-state index in [0.717, 1.165) is 28.8 Å². The minimum absolute atomic E-state index is 0.457. The van der Waals surface area contributed by atoms with E-state index < -0.39 is 0 Å². The van der Waals surface area contributed by atoms with Gasteiger partial charge in [-0.3, -0.25) is 4.40 Å². The monoisotopic (exact) mass is 483 g/mol. The Hall–Kier alpha value is -4.02. The van der Waals surface area contributed by atoms with E-state index in [0.29, 0.717) is 5.92 Å². The van der Waals surface area contributed by atoms with Gasteiger partial charge in [0.2, 0.25) is 0 Å². The van der Waals surface area contributed by atoms with Crippen LogP contribution in [0.2, 0.25) is 0 Å². The molecule has 0 radical (unpaired) electrons. The first-order valence-electron chi connectivity index (χ1n) is 12.5. The molecule has 0 saturated carbocycles. The van der Waals surface area contributed by atoms with Crippen molar-refractivity contribution in [1.29, 1.82) is 0 Å². The van der Waals surface area contributed by atoms with Crippen molar-refractivity contribution >= 4 is 47.9 Å². The molecule has 0 bridgehead atoms. The van der Waals surface area contributed by atoms with Gasteiger partial charge in [-0.05, 0) is 40.5 Å². The highest BCUT2D eigenvalue weighted by atomic mass is 32.1. The fourth-order valence-electron chi connectivity index (χ4n) is 5.32. The van der Waals surface area contributed by atoms with Crippen LogP contribution in [0.4, 0.5) is 0 Å². The van der Waals surface area contributed by atoms with Crippen LogP contribution < -0.4 is 0 Å². The van der Waals surface area contributed by atoms with Gasteiger partial charge in [-0.2, -0.15) is 0 Å². The van der Waals surface area contributed by atoms with Gasteiger partial charge in [-0.15, -0.1) is 21.5 Å². The first-order chi connectivity index (χ1) is 17.7. The summed E-state index contributed by atoms with van der Waals surface area (Å²) in [6, 6.07) is 32.6. The van der Waals surface area contributed by atoms with Gasteiger partial charge in [0.05, 0.1) is 0 Å². The fourth-order valence-corrected chi connectivity index (χ4v) is 6.56. The summed E-state index contributed by atoms with van der Waals surface area (Å²) in [4.78, 5) is 0. The third-order valence-corrected chi connectivity index (χ3v) is 8.66. The molecule has 0 aliphatic rings. The minimum atomic E-state index is 0.457. The summed E-state index contributed by atoms with van der Waals surface area (Å²) < 4.78 is 4.84. The van der Waals surface area contributed by atoms with Crippen LogP contribution in [0, 0.1) is 0 Å². The lowest BCUT2D eigenvalue weighted by Gasteiger charge is -2.14. The molecule has 1 atom stereocenters. The number of nitrogens with zero attached hydrogens (tertiary/aromatic N) is 3. The predicted molar refractivity (Wildman–Crippen MR) is 153 cm³/mol. The summed E-state index contributed by atoms with van der Waals surface area (Å²) >= 11 is 1.87. The van der Waals surface area contributed by atoms with Gasteiger partial charge in [0.25, 0.3) is 0 Å². The number of thiophene rings is 1. The Bertz CT molecular complexity index is 1890. The van der Waals surface area contributed by atoms with Gasteiger partial charge in [0, 0.05) is 37.3 Å². The molecule has 0 saturated heterocycles. The molecule has 7 rings (SSSR count). The summed E-state index contributed by atoms with van der Waals surface area (Å²) in [5.74, 6) is 1.34. The van der Waals surface area contributed by atoms with E-state index in [1.54, 1.807) is 0 Å². The number of fused-ring (bicyclic) bond motifs is 6. The molecule has 3 nitrogen and oxygen atoms in total. The highest BCUT2D eigenvalue weighted by Gasteiger charge is 2.17. The van der Waals surface area contributed by atoms with Gasteiger partial charge >= 0.3 is 0 Å². The van der Waals surface area contributed by atoms with Crippen LogP contribution in [-0.2, 0) is 0 Å². The molecule has 0 aliphatic carbocycles. The normalized spacial score (nSPS) is 12.7. The topological polar surface area (TPSA) is 30.2 Å². The lowest BCUT2D eigenvalue weighted by molar-refractivity contribution is 0.734. The molecule has 7 aromatic rings. The number of aromatic nitrogens is 3. The van der Waals surface area contributed by atoms with Crippen LogP contribution >= 0.6 is 11.3 Å². The Morgan fingerprint density at radius 3 is 2.22 bits per heavy atom. The summed E-state index contributed by atoms with van der Waals surface area (Å²) in [5.41, 5.74) is 5.81. The average molecular weight is 484 g/mol. The van der Waals surface area contributed by atoms with Gasteiger partial charge in [0.15, 0.2) is 11.5 Å². The first-order valence-corrected chi connectivity index (χ1v) is 13.3. The van der Waals surface area contributed by atoms with Crippen molar-refractivity contribution in [3.63, 3.8) is 0 Å². The zero-order valence-corrected chi connectivity index (χ0v) is 21.1. The smallest absolute Gasteiger partial charge is 0.168 e. The standard InChI is InChI=1S/C32H25N3S/c1-3-20(2)28-19-35-31(33-34-32(35)27-11-5-4-9-24(27)28)22-17-15-21(16-18-22)23-12-8-13-26-25-10-6-7-14-29(25)36-30(23)26/h4-20H,3H2,1-2H3. The van der Waals surface area contributed by atoms with Crippen LogP contribution in [-0.4, -0.2) is 14.6 Å². The lowest BCUT2D eigenvalue weighted by Crippen LogP contribution is -1.99. The van der Waals surface area contributed by atoms with E-state index in [9.17, 15) is 0 Å². The highest BCUT2D eigenvalue weighted by molar-refractivity contribution is 7.26. The second-order valence-electron chi connectivity index (χ2n) is 9.51. The third-order valence-electron chi connectivity index (χ3n) is 7.44. The highest BCUT2D eigenvalue weighted by Crippen LogP contribution is 2.40. The fraction of sp³-hybridized carbons (Fsp3) is 0.125. The molecular weight excluding hydrogens is 458 g/mol. The quantitative estimate of drug-likeness (QED) is 0.250. The Kier molecular flexibility index (Phi) is 4.90. The Morgan fingerprint density at radius 1 is 0.722 bits per heavy atom. The number of hydrogen-bond acceptors (Lipinski definition) is 3. The molecule has 0 aliphatic heterocycles. The molecule has 3 aromatic heterocycles. The SMILES string of the molecule is CCC(C)c1cn2c(-c3ccc(-c4cccc5c4sc4ccccc45)cc3)nnc2c2ccccc12. The van der Waals surface area contributed by atoms with Crippen LogP contribution in [0.25, 0.3) is 59.1 Å². The number of hydrogen-bond donors (Lipinski definition) is 0. The molecule has 0 fully saturated rings. The average Bonchev–Trinajstić information content (AvgIpc) is 3.54. The summed E-state index contributed by atoms with van der Waals surface area (Å²) in [5, 5.41) is 14.3. The van der Waals surface area contributed by atoms with Crippen molar-refractivity contribution in [2.75, 3.05) is 0 Å². The molecule has 174 valence electrons. The van der Waals surface area contributed by atoms with Crippen molar-refractivity contribution in [3.05, 3.63) is 103 Å². The summed E-state index contributed by atoms with van der Waals surface area (Å²) in [6.07, 6.45) is 3.33. The zero-order valence-electron chi connectivity index (χ0n) is 20.3. The van der Waals surface area contributed by atoms with E-state index in [1.165, 1.54) is 42.2 Å². The van der Waals surface area contributed by atoms with Gasteiger partial charge < -0.3 is 0 Å². The number of pyridine rings is 1. The van der Waals surface area contributed by atoms with Crippen LogP contribution in [0.3, 0.4) is 0 Å². The first kappa shape index (κ1) is 21.3. The van der Waals surface area contributed by atoms with Crippen molar-refractivity contribution in [2.45, 2.75) is 26.2 Å². The van der Waals surface area contributed by atoms with Gasteiger partial charge in [-0.1, -0.05) is 98.8 Å². The van der Waals surface area contributed by atoms with Crippen molar-refractivity contribution in [3.8, 4) is 22.5 Å². The summed E-state index contributed by atoms with van der Waals surface area (Å²) in [7, 11) is 0. The van der Waals surface area contributed by atoms with E-state index in [4.69, 9.17) is 0 Å². The van der Waals surface area contributed by atoms with Crippen molar-refractivity contribution in [2.24, 2.45) is 0 Å². The lowest BCUT2D eigenvalue weighted by atomic mass is 9.95. The molecule has 3 heterocycles. The maximum absolute atomic E-state index is 4.64. The Labute approximate surface area is 213 Å². The maximum atomic E-state index is 4.64. The Balaban J connectivity index is 1.36. The minimum Gasteiger partial charge on any atom is -0.282 e. The zero-order chi connectivity index (χ0) is 24.2.